The van der Waals surface area contributed by atoms with Gasteiger partial charge in [0, 0.05) is 11.3 Å². The summed E-state index contributed by atoms with van der Waals surface area (Å²) in [5, 5.41) is 0. The van der Waals surface area contributed by atoms with Gasteiger partial charge >= 0.3 is 0 Å². The van der Waals surface area contributed by atoms with Gasteiger partial charge in [-0.3, -0.25) is 11.3 Å². The summed E-state index contributed by atoms with van der Waals surface area (Å²) < 4.78 is 11.6. The Morgan fingerprint density at radius 3 is 2.45 bits per heavy atom. The Morgan fingerprint density at radius 1 is 1.25 bits per heavy atom. The number of nitrogens with two attached hydrogens (primary N) is 1. The van der Waals surface area contributed by atoms with Crippen LogP contribution in [0.2, 0.25) is 0 Å². The highest BCUT2D eigenvalue weighted by Gasteiger charge is 2.19. The fourth-order valence-corrected chi connectivity index (χ4v) is 3.65. The van der Waals surface area contributed by atoms with Crippen LogP contribution in [0.5, 0.6) is 11.5 Å². The van der Waals surface area contributed by atoms with Gasteiger partial charge in [0.25, 0.3) is 0 Å². The van der Waals surface area contributed by atoms with Crippen molar-refractivity contribution in [1.29, 1.82) is 0 Å². The van der Waals surface area contributed by atoms with Crippen LogP contribution in [0, 0.1) is 5.92 Å². The first-order valence-corrected chi connectivity index (χ1v) is 8.44. The van der Waals surface area contributed by atoms with Crippen LogP contribution in [0.25, 0.3) is 0 Å². The normalized spacial score (nSPS) is 12.6. The molecule has 0 radical (unpaired) electrons. The van der Waals surface area contributed by atoms with E-state index in [-0.39, 0.29) is 6.04 Å². The van der Waals surface area contributed by atoms with Crippen LogP contribution in [0.15, 0.2) is 16.6 Å². The smallest absolute Gasteiger partial charge is 0.141 e. The van der Waals surface area contributed by atoms with E-state index in [0.29, 0.717) is 5.92 Å². The third-order valence-electron chi connectivity index (χ3n) is 2.83. The molecule has 3 N–H and O–H groups in total. The minimum absolute atomic E-state index is 0.0379. The number of halogens is 1. The Kier molecular flexibility index (Phi) is 7.72. The van der Waals surface area contributed by atoms with E-state index in [1.165, 1.54) is 0 Å². The van der Waals surface area contributed by atoms with Crippen LogP contribution in [0.4, 0.5) is 0 Å². The number of benzene rings is 1. The van der Waals surface area contributed by atoms with E-state index in [1.807, 2.05) is 23.9 Å². The maximum absolute atomic E-state index is 5.70. The molecule has 0 saturated heterocycles. The molecule has 1 aromatic rings. The number of nitrogens with one attached hydrogen (secondary N) is 1. The number of ether oxygens (including phenoxy) is 2. The zero-order valence-corrected chi connectivity index (χ0v) is 14.8. The lowest BCUT2D eigenvalue weighted by Gasteiger charge is -2.21. The summed E-state index contributed by atoms with van der Waals surface area (Å²) in [5.41, 5.74) is 3.90. The Morgan fingerprint density at radius 2 is 1.95 bits per heavy atom. The second-order valence-corrected chi connectivity index (χ2v) is 6.72. The Hall–Kier alpha value is -0.430. The molecule has 0 aliphatic carbocycles. The first-order valence-electron chi connectivity index (χ1n) is 6.49. The molecule has 0 amide bonds. The van der Waals surface area contributed by atoms with Gasteiger partial charge in [0.1, 0.15) is 16.0 Å². The van der Waals surface area contributed by atoms with E-state index in [2.05, 4.69) is 35.2 Å². The number of hydrogen-bond donors (Lipinski definition) is 2. The van der Waals surface area contributed by atoms with Gasteiger partial charge in [-0.15, -0.1) is 0 Å². The predicted octanol–water partition coefficient (Wildman–Crippen LogP) is 3.36. The number of hydrogen-bond acceptors (Lipinski definition) is 5. The molecule has 6 heteroatoms. The molecule has 1 unspecified atom stereocenters. The standard InChI is InChI=1S/C14H23BrN2O2S/c1-9(2)7-20-8-11(17-16)10-5-6-12(18-3)13(15)14(10)19-4/h5-6,9,11,17H,7-8,16H2,1-4H3. The van der Waals surface area contributed by atoms with Gasteiger partial charge in [-0.2, -0.15) is 11.8 Å². The van der Waals surface area contributed by atoms with Gasteiger partial charge in [0.15, 0.2) is 0 Å². The maximum Gasteiger partial charge on any atom is 0.141 e. The molecule has 0 aliphatic rings. The summed E-state index contributed by atoms with van der Waals surface area (Å²) in [5.74, 6) is 9.88. The number of thioether (sulfide) groups is 1. The highest BCUT2D eigenvalue weighted by atomic mass is 79.9. The Balaban J connectivity index is 2.94. The van der Waals surface area contributed by atoms with Gasteiger partial charge in [-0.25, -0.2) is 0 Å². The van der Waals surface area contributed by atoms with Gasteiger partial charge in [-0.05, 0) is 39.7 Å². The van der Waals surface area contributed by atoms with Gasteiger partial charge in [0.2, 0.25) is 0 Å². The van der Waals surface area contributed by atoms with E-state index in [0.717, 1.165) is 33.0 Å². The monoisotopic (exact) mass is 362 g/mol. The SMILES string of the molecule is COc1ccc(C(CSCC(C)C)NN)c(OC)c1Br. The minimum atomic E-state index is 0.0379. The third kappa shape index (κ3) is 4.55. The minimum Gasteiger partial charge on any atom is -0.495 e. The quantitative estimate of drug-likeness (QED) is 0.548. The number of methoxy groups -OCH3 is 2. The van der Waals surface area contributed by atoms with Crippen molar-refractivity contribution in [3.63, 3.8) is 0 Å². The van der Waals surface area contributed by atoms with Crippen LogP contribution in [-0.4, -0.2) is 25.7 Å². The van der Waals surface area contributed by atoms with Crippen molar-refractivity contribution in [2.45, 2.75) is 19.9 Å². The molecule has 0 aromatic heterocycles. The summed E-state index contributed by atoms with van der Waals surface area (Å²) in [4.78, 5) is 0. The van der Waals surface area contributed by atoms with Crippen molar-refractivity contribution >= 4 is 27.7 Å². The third-order valence-corrected chi connectivity index (χ3v) is 5.05. The van der Waals surface area contributed by atoms with Gasteiger partial charge in [-0.1, -0.05) is 13.8 Å². The first kappa shape index (κ1) is 17.6. The van der Waals surface area contributed by atoms with Crippen LogP contribution < -0.4 is 20.7 Å². The number of rotatable bonds is 8. The van der Waals surface area contributed by atoms with Crippen molar-refractivity contribution < 1.29 is 9.47 Å². The highest BCUT2D eigenvalue weighted by molar-refractivity contribution is 9.10. The highest BCUT2D eigenvalue weighted by Crippen LogP contribution is 2.40. The molecule has 0 heterocycles. The van der Waals surface area contributed by atoms with Crippen molar-refractivity contribution in [2.24, 2.45) is 11.8 Å². The van der Waals surface area contributed by atoms with Crippen molar-refractivity contribution in [3.05, 3.63) is 22.2 Å². The summed E-state index contributed by atoms with van der Waals surface area (Å²) in [6, 6.07) is 3.94. The van der Waals surface area contributed by atoms with E-state index in [4.69, 9.17) is 15.3 Å². The zero-order chi connectivity index (χ0) is 15.1. The Bertz CT molecular complexity index is 430. The molecule has 0 aliphatic heterocycles. The van der Waals surface area contributed by atoms with Crippen LogP contribution in [-0.2, 0) is 0 Å². The summed E-state index contributed by atoms with van der Waals surface area (Å²) in [6.45, 7) is 4.42. The van der Waals surface area contributed by atoms with Crippen molar-refractivity contribution in [1.82, 2.24) is 5.43 Å². The zero-order valence-electron chi connectivity index (χ0n) is 12.4. The molecular weight excluding hydrogens is 340 g/mol. The van der Waals surface area contributed by atoms with E-state index in [9.17, 15) is 0 Å². The van der Waals surface area contributed by atoms with Crippen LogP contribution in [0.3, 0.4) is 0 Å². The average molecular weight is 363 g/mol. The lowest BCUT2D eigenvalue weighted by molar-refractivity contribution is 0.382. The molecule has 4 nitrogen and oxygen atoms in total. The Labute approximate surface area is 133 Å². The molecule has 1 rings (SSSR count). The lowest BCUT2D eigenvalue weighted by atomic mass is 10.1. The topological polar surface area (TPSA) is 56.5 Å². The molecular formula is C14H23BrN2O2S. The molecule has 0 fully saturated rings. The summed E-state index contributed by atoms with van der Waals surface area (Å²) >= 11 is 5.40. The average Bonchev–Trinajstić information content (AvgIpc) is 2.43. The molecule has 20 heavy (non-hydrogen) atoms. The van der Waals surface area contributed by atoms with Crippen LogP contribution >= 0.6 is 27.7 Å². The molecule has 1 aromatic carbocycles. The van der Waals surface area contributed by atoms with Gasteiger partial charge < -0.3 is 9.47 Å². The van der Waals surface area contributed by atoms with Crippen LogP contribution in [0.1, 0.15) is 25.5 Å². The molecule has 0 spiro atoms. The van der Waals surface area contributed by atoms with Crippen molar-refractivity contribution in [3.8, 4) is 11.5 Å². The summed E-state index contributed by atoms with van der Waals surface area (Å²) in [6.07, 6.45) is 0. The van der Waals surface area contributed by atoms with E-state index in [1.54, 1.807) is 14.2 Å². The number of hydrazine groups is 1. The van der Waals surface area contributed by atoms with Gasteiger partial charge in [0.05, 0.1) is 20.3 Å². The molecule has 0 bridgehead atoms. The van der Waals surface area contributed by atoms with Crippen molar-refractivity contribution in [2.75, 3.05) is 25.7 Å². The second-order valence-electron chi connectivity index (χ2n) is 4.85. The maximum atomic E-state index is 5.70. The predicted molar refractivity (Wildman–Crippen MR) is 89.5 cm³/mol. The lowest BCUT2D eigenvalue weighted by Crippen LogP contribution is -2.30. The molecule has 114 valence electrons. The molecule has 1 atom stereocenters. The largest absolute Gasteiger partial charge is 0.495 e. The second kappa shape index (κ2) is 8.77. The van der Waals surface area contributed by atoms with E-state index < -0.39 is 0 Å². The summed E-state index contributed by atoms with van der Waals surface area (Å²) in [7, 11) is 3.29. The first-order chi connectivity index (χ1) is 9.54. The fraction of sp³-hybridized carbons (Fsp3) is 0.571. The molecule has 0 saturated carbocycles. The van der Waals surface area contributed by atoms with E-state index >= 15 is 0 Å². The fourth-order valence-electron chi connectivity index (χ4n) is 1.84.